The van der Waals surface area contributed by atoms with Gasteiger partial charge in [-0.1, -0.05) is 0 Å². The van der Waals surface area contributed by atoms with Crippen molar-refractivity contribution < 1.29 is 18.6 Å². The van der Waals surface area contributed by atoms with E-state index in [1.165, 1.54) is 17.1 Å². The van der Waals surface area contributed by atoms with E-state index >= 15 is 0 Å². The molecule has 1 aromatic heterocycles. The third-order valence-electron chi connectivity index (χ3n) is 1.72. The van der Waals surface area contributed by atoms with Crippen molar-refractivity contribution in [2.24, 2.45) is 7.05 Å². The lowest BCUT2D eigenvalue weighted by Crippen LogP contribution is -2.40. The van der Waals surface area contributed by atoms with Gasteiger partial charge in [0.15, 0.2) is 5.03 Å². The van der Waals surface area contributed by atoms with E-state index in [2.05, 4.69) is 9.71 Å². The molecular formula is C7H13N3O4S. The molecule has 1 heterocycles. The first kappa shape index (κ1) is 12.1. The lowest BCUT2D eigenvalue weighted by molar-refractivity contribution is 0.185. The standard InChI is InChI=1S/C7H13N3O4S/c1-10-2-7(8-5-10)15(13,14)9-6(3-11)4-12/h2,5-6,9,11-12H,3-4H2,1H3. The van der Waals surface area contributed by atoms with E-state index in [0.717, 1.165) is 0 Å². The second-order valence-electron chi connectivity index (χ2n) is 3.06. The van der Waals surface area contributed by atoms with Crippen LogP contribution < -0.4 is 4.72 Å². The second kappa shape index (κ2) is 4.71. The lowest BCUT2D eigenvalue weighted by Gasteiger charge is -2.11. The van der Waals surface area contributed by atoms with Crippen molar-refractivity contribution in [3.8, 4) is 0 Å². The highest BCUT2D eigenvalue weighted by atomic mass is 32.2. The van der Waals surface area contributed by atoms with Crippen molar-refractivity contribution in [2.45, 2.75) is 11.1 Å². The van der Waals surface area contributed by atoms with E-state index in [1.54, 1.807) is 7.05 Å². The second-order valence-corrected chi connectivity index (χ2v) is 4.72. The fourth-order valence-electron chi connectivity index (χ4n) is 0.940. The summed E-state index contributed by atoms with van der Waals surface area (Å²) in [5.41, 5.74) is 0. The Kier molecular flexibility index (Phi) is 3.80. The van der Waals surface area contributed by atoms with Gasteiger partial charge in [0, 0.05) is 13.2 Å². The molecule has 0 saturated heterocycles. The lowest BCUT2D eigenvalue weighted by atomic mass is 10.4. The van der Waals surface area contributed by atoms with Crippen LogP contribution in [0.3, 0.4) is 0 Å². The third-order valence-corrected chi connectivity index (χ3v) is 3.12. The normalized spacial score (nSPS) is 12.3. The highest BCUT2D eigenvalue weighted by Gasteiger charge is 2.21. The number of nitrogens with zero attached hydrogens (tertiary/aromatic N) is 2. The summed E-state index contributed by atoms with van der Waals surface area (Å²) in [5, 5.41) is 17.3. The van der Waals surface area contributed by atoms with Gasteiger partial charge in [0.1, 0.15) is 0 Å². The van der Waals surface area contributed by atoms with Crippen molar-refractivity contribution >= 4 is 10.0 Å². The number of hydrogen-bond donors (Lipinski definition) is 3. The van der Waals surface area contributed by atoms with Crippen LogP contribution in [0.25, 0.3) is 0 Å². The van der Waals surface area contributed by atoms with Gasteiger partial charge in [-0.2, -0.15) is 0 Å². The third kappa shape index (κ3) is 2.99. The molecule has 0 spiro atoms. The molecule has 0 unspecified atom stereocenters. The Hall–Kier alpha value is -0.960. The molecule has 0 aliphatic carbocycles. The van der Waals surface area contributed by atoms with Crippen LogP contribution in [0, 0.1) is 0 Å². The predicted octanol–water partition coefficient (Wildman–Crippen LogP) is -1.95. The van der Waals surface area contributed by atoms with Crippen molar-refractivity contribution in [3.05, 3.63) is 12.5 Å². The van der Waals surface area contributed by atoms with Gasteiger partial charge in [-0.25, -0.2) is 18.1 Å². The molecule has 0 amide bonds. The molecule has 3 N–H and O–H groups in total. The predicted molar refractivity (Wildman–Crippen MR) is 51.5 cm³/mol. The van der Waals surface area contributed by atoms with E-state index in [4.69, 9.17) is 10.2 Å². The van der Waals surface area contributed by atoms with Crippen molar-refractivity contribution in [1.82, 2.24) is 14.3 Å². The zero-order chi connectivity index (χ0) is 11.5. The summed E-state index contributed by atoms with van der Waals surface area (Å²) in [4.78, 5) is 3.66. The molecule has 0 fully saturated rings. The molecule has 7 nitrogen and oxygen atoms in total. The van der Waals surface area contributed by atoms with Crippen molar-refractivity contribution in [2.75, 3.05) is 13.2 Å². The van der Waals surface area contributed by atoms with Crippen LogP contribution in [-0.2, 0) is 17.1 Å². The number of aryl methyl sites for hydroxylation is 1. The molecule has 15 heavy (non-hydrogen) atoms. The number of aliphatic hydroxyl groups is 2. The molecule has 8 heteroatoms. The van der Waals surface area contributed by atoms with Gasteiger partial charge in [-0.15, -0.1) is 0 Å². The van der Waals surface area contributed by atoms with Gasteiger partial charge in [0.2, 0.25) is 0 Å². The van der Waals surface area contributed by atoms with Crippen molar-refractivity contribution in [3.63, 3.8) is 0 Å². The number of imidazole rings is 1. The molecule has 0 aliphatic heterocycles. The molecule has 0 radical (unpaired) electrons. The molecule has 86 valence electrons. The summed E-state index contributed by atoms with van der Waals surface area (Å²) in [7, 11) is -2.12. The van der Waals surface area contributed by atoms with Crippen LogP contribution in [0.2, 0.25) is 0 Å². The maximum atomic E-state index is 11.6. The number of rotatable bonds is 5. The van der Waals surface area contributed by atoms with Crippen LogP contribution in [0.1, 0.15) is 0 Å². The Morgan fingerprint density at radius 1 is 1.53 bits per heavy atom. The highest BCUT2D eigenvalue weighted by Crippen LogP contribution is 2.04. The van der Waals surface area contributed by atoms with Crippen LogP contribution >= 0.6 is 0 Å². The fourth-order valence-corrected chi connectivity index (χ4v) is 2.14. The molecule has 1 aromatic rings. The number of aromatic nitrogens is 2. The van der Waals surface area contributed by atoms with Gasteiger partial charge in [0.05, 0.1) is 25.6 Å². The van der Waals surface area contributed by atoms with Gasteiger partial charge in [0.25, 0.3) is 10.0 Å². The van der Waals surface area contributed by atoms with Gasteiger partial charge in [-0.05, 0) is 0 Å². The van der Waals surface area contributed by atoms with Crippen molar-refractivity contribution in [1.29, 1.82) is 0 Å². The van der Waals surface area contributed by atoms with E-state index in [0.29, 0.717) is 0 Å². The maximum absolute atomic E-state index is 11.6. The molecule has 0 bridgehead atoms. The Bertz CT molecular complexity index is 410. The van der Waals surface area contributed by atoms with Gasteiger partial charge < -0.3 is 14.8 Å². The van der Waals surface area contributed by atoms with Crippen LogP contribution in [0.15, 0.2) is 17.6 Å². The molecule has 0 aliphatic rings. The van der Waals surface area contributed by atoms with Gasteiger partial charge >= 0.3 is 0 Å². The first-order chi connectivity index (χ1) is 6.99. The topological polar surface area (TPSA) is 104 Å². The smallest absolute Gasteiger partial charge is 0.259 e. The summed E-state index contributed by atoms with van der Waals surface area (Å²) >= 11 is 0. The molecule has 1 rings (SSSR count). The zero-order valence-corrected chi connectivity index (χ0v) is 8.98. The number of hydrogen-bond acceptors (Lipinski definition) is 5. The summed E-state index contributed by atoms with van der Waals surface area (Å²) in [6.45, 7) is -0.939. The average Bonchev–Trinajstić information content (AvgIpc) is 2.62. The minimum Gasteiger partial charge on any atom is -0.395 e. The van der Waals surface area contributed by atoms with E-state index in [1.807, 2.05) is 0 Å². The maximum Gasteiger partial charge on any atom is 0.259 e. The minimum absolute atomic E-state index is 0.142. The number of nitrogens with one attached hydrogen (secondary N) is 1. The van der Waals surface area contributed by atoms with Crippen LogP contribution in [0.5, 0.6) is 0 Å². The summed E-state index contributed by atoms with van der Waals surface area (Å²) in [5.74, 6) is 0. The Balaban J connectivity index is 2.84. The first-order valence-electron chi connectivity index (χ1n) is 4.21. The minimum atomic E-state index is -3.76. The summed E-state index contributed by atoms with van der Waals surface area (Å²) in [6.07, 6.45) is 2.68. The summed E-state index contributed by atoms with van der Waals surface area (Å²) in [6, 6.07) is -0.906. The largest absolute Gasteiger partial charge is 0.395 e. The SMILES string of the molecule is Cn1cnc(S(=O)(=O)NC(CO)CO)c1. The fraction of sp³-hybridized carbons (Fsp3) is 0.571. The number of aliphatic hydroxyl groups excluding tert-OH is 2. The Morgan fingerprint density at radius 2 is 2.13 bits per heavy atom. The first-order valence-corrected chi connectivity index (χ1v) is 5.70. The van der Waals surface area contributed by atoms with Gasteiger partial charge in [-0.3, -0.25) is 0 Å². The van der Waals surface area contributed by atoms with E-state index in [-0.39, 0.29) is 5.03 Å². The number of sulfonamides is 1. The van der Waals surface area contributed by atoms with E-state index < -0.39 is 29.3 Å². The zero-order valence-electron chi connectivity index (χ0n) is 8.16. The molecule has 0 saturated carbocycles. The quantitative estimate of drug-likeness (QED) is 0.550. The van der Waals surface area contributed by atoms with Crippen LogP contribution in [0.4, 0.5) is 0 Å². The monoisotopic (exact) mass is 235 g/mol. The van der Waals surface area contributed by atoms with Crippen LogP contribution in [-0.4, -0.2) is 47.4 Å². The molecule has 0 aromatic carbocycles. The van der Waals surface area contributed by atoms with E-state index in [9.17, 15) is 8.42 Å². The molecular weight excluding hydrogens is 222 g/mol. The Morgan fingerprint density at radius 3 is 2.53 bits per heavy atom. The molecule has 0 atom stereocenters. The summed E-state index contributed by atoms with van der Waals surface area (Å²) < 4.78 is 26.7. The average molecular weight is 235 g/mol. The highest BCUT2D eigenvalue weighted by molar-refractivity contribution is 7.89. The Labute approximate surface area is 87.4 Å².